The van der Waals surface area contributed by atoms with E-state index in [4.69, 9.17) is 4.74 Å². The van der Waals surface area contributed by atoms with E-state index in [0.29, 0.717) is 18.0 Å². The third-order valence-electron chi connectivity index (χ3n) is 3.38. The van der Waals surface area contributed by atoms with Crippen LogP contribution in [0.1, 0.15) is 16.6 Å². The monoisotopic (exact) mass is 318 g/mol. The Kier molecular flexibility index (Phi) is 3.81. The first kappa shape index (κ1) is 14.5. The van der Waals surface area contributed by atoms with E-state index in [1.165, 1.54) is 18.3 Å². The molecule has 2 aromatic rings. The molecule has 1 atom stereocenters. The van der Waals surface area contributed by atoms with E-state index in [0.717, 1.165) is 15.0 Å². The van der Waals surface area contributed by atoms with Gasteiger partial charge in [-0.05, 0) is 24.4 Å². The number of urea groups is 1. The number of rotatable bonds is 3. The molecule has 1 N–H and O–H groups in total. The fourth-order valence-corrected chi connectivity index (χ4v) is 3.20. The van der Waals surface area contributed by atoms with Crippen molar-refractivity contribution in [1.82, 2.24) is 10.2 Å². The largest absolute Gasteiger partial charge is 0.448 e. The van der Waals surface area contributed by atoms with Gasteiger partial charge in [0, 0.05) is 17.8 Å². The third kappa shape index (κ3) is 2.67. The highest BCUT2D eigenvalue weighted by Gasteiger charge is 2.31. The van der Waals surface area contributed by atoms with Crippen LogP contribution in [0.5, 0.6) is 0 Å². The Labute approximate surface area is 130 Å². The molecule has 0 spiro atoms. The minimum Gasteiger partial charge on any atom is -0.448 e. The average molecular weight is 318 g/mol. The molecule has 1 aliphatic heterocycles. The second-order valence-corrected chi connectivity index (χ2v) is 6.00. The van der Waals surface area contributed by atoms with Gasteiger partial charge < -0.3 is 10.1 Å². The van der Waals surface area contributed by atoms with Crippen LogP contribution in [-0.2, 0) is 9.53 Å². The minimum atomic E-state index is -0.999. The summed E-state index contributed by atoms with van der Waals surface area (Å²) >= 11 is 1.31. The summed E-state index contributed by atoms with van der Waals surface area (Å²) in [5, 5.41) is 3.49. The van der Waals surface area contributed by atoms with Gasteiger partial charge in [-0.2, -0.15) is 0 Å². The third-order valence-corrected chi connectivity index (χ3v) is 4.48. The molecule has 114 valence electrons. The fourth-order valence-electron chi connectivity index (χ4n) is 2.25. The molecule has 1 aromatic carbocycles. The number of amides is 3. The van der Waals surface area contributed by atoms with Crippen LogP contribution in [0.2, 0.25) is 0 Å². The number of imide groups is 1. The lowest BCUT2D eigenvalue weighted by Gasteiger charge is -2.17. The summed E-state index contributed by atoms with van der Waals surface area (Å²) in [6.07, 6.45) is -0.999. The maximum Gasteiger partial charge on any atom is 0.349 e. The van der Waals surface area contributed by atoms with Crippen LogP contribution >= 0.6 is 11.3 Å². The number of nitrogens with zero attached hydrogens (tertiary/aromatic N) is 1. The second-order valence-electron chi connectivity index (χ2n) is 4.92. The Morgan fingerprint density at radius 1 is 1.36 bits per heavy atom. The van der Waals surface area contributed by atoms with E-state index in [9.17, 15) is 14.4 Å². The molecule has 0 aliphatic carbocycles. The molecule has 1 aromatic heterocycles. The summed E-state index contributed by atoms with van der Waals surface area (Å²) in [6.45, 7) is 2.18. The van der Waals surface area contributed by atoms with Gasteiger partial charge in [0.1, 0.15) is 4.88 Å². The molecule has 1 saturated heterocycles. The predicted octanol–water partition coefficient (Wildman–Crippen LogP) is 2.00. The van der Waals surface area contributed by atoms with E-state index in [1.807, 2.05) is 24.3 Å². The molecular formula is C15H14N2O4S. The topological polar surface area (TPSA) is 75.7 Å². The van der Waals surface area contributed by atoms with Crippen LogP contribution in [0.25, 0.3) is 10.1 Å². The smallest absolute Gasteiger partial charge is 0.349 e. The van der Waals surface area contributed by atoms with Crippen molar-refractivity contribution in [2.24, 2.45) is 0 Å². The first-order chi connectivity index (χ1) is 10.6. The molecule has 6 nitrogen and oxygen atoms in total. The Bertz CT molecular complexity index is 722. The number of esters is 1. The highest BCUT2D eigenvalue weighted by atomic mass is 32.1. The maximum atomic E-state index is 12.1. The van der Waals surface area contributed by atoms with E-state index in [2.05, 4.69) is 5.32 Å². The van der Waals surface area contributed by atoms with Crippen LogP contribution < -0.4 is 5.32 Å². The second kappa shape index (κ2) is 5.76. The van der Waals surface area contributed by atoms with E-state index in [1.54, 1.807) is 6.07 Å². The summed E-state index contributed by atoms with van der Waals surface area (Å²) in [5.74, 6) is -1.06. The lowest BCUT2D eigenvalue weighted by atomic mass is 10.2. The molecule has 1 aliphatic rings. The predicted molar refractivity (Wildman–Crippen MR) is 81.8 cm³/mol. The standard InChI is InChI=1S/C15H14N2O4S/c1-9(13(18)17-7-6-16-15(17)20)21-14(19)12-8-10-4-2-3-5-11(10)22-12/h2-5,8-9H,6-7H2,1H3,(H,16,20)/t9-/m1/s1. The number of thiophene rings is 1. The molecule has 3 rings (SSSR count). The summed E-state index contributed by atoms with van der Waals surface area (Å²) in [4.78, 5) is 37.2. The van der Waals surface area contributed by atoms with Gasteiger partial charge in [-0.25, -0.2) is 9.59 Å². The molecular weight excluding hydrogens is 304 g/mol. The van der Waals surface area contributed by atoms with Gasteiger partial charge in [0.25, 0.3) is 5.91 Å². The number of hydrogen-bond donors (Lipinski definition) is 1. The van der Waals surface area contributed by atoms with Crippen molar-refractivity contribution in [2.75, 3.05) is 13.1 Å². The number of ether oxygens (including phenoxy) is 1. The van der Waals surface area contributed by atoms with E-state index in [-0.39, 0.29) is 0 Å². The van der Waals surface area contributed by atoms with Crippen molar-refractivity contribution < 1.29 is 19.1 Å². The number of fused-ring (bicyclic) bond motifs is 1. The fraction of sp³-hybridized carbons (Fsp3) is 0.267. The number of nitrogens with one attached hydrogen (secondary N) is 1. The Morgan fingerprint density at radius 2 is 2.14 bits per heavy atom. The number of hydrogen-bond acceptors (Lipinski definition) is 5. The highest BCUT2D eigenvalue weighted by molar-refractivity contribution is 7.20. The van der Waals surface area contributed by atoms with Crippen LogP contribution in [0, 0.1) is 0 Å². The van der Waals surface area contributed by atoms with Crippen molar-refractivity contribution >= 4 is 39.3 Å². The number of carbonyl (C=O) groups is 3. The first-order valence-electron chi connectivity index (χ1n) is 6.85. The van der Waals surface area contributed by atoms with Crippen LogP contribution in [0.4, 0.5) is 4.79 Å². The van der Waals surface area contributed by atoms with Crippen molar-refractivity contribution in [3.05, 3.63) is 35.2 Å². The van der Waals surface area contributed by atoms with Gasteiger partial charge in [0.05, 0.1) is 0 Å². The molecule has 22 heavy (non-hydrogen) atoms. The van der Waals surface area contributed by atoms with Crippen molar-refractivity contribution in [3.63, 3.8) is 0 Å². The summed E-state index contributed by atoms with van der Waals surface area (Å²) in [6, 6.07) is 8.90. The lowest BCUT2D eigenvalue weighted by molar-refractivity contribution is -0.135. The zero-order chi connectivity index (χ0) is 15.7. The molecule has 3 amide bonds. The van der Waals surface area contributed by atoms with E-state index >= 15 is 0 Å². The van der Waals surface area contributed by atoms with Gasteiger partial charge in [-0.3, -0.25) is 9.69 Å². The summed E-state index contributed by atoms with van der Waals surface area (Å²) in [5.41, 5.74) is 0. The summed E-state index contributed by atoms with van der Waals surface area (Å²) < 4.78 is 6.17. The molecule has 2 heterocycles. The molecule has 7 heteroatoms. The highest BCUT2D eigenvalue weighted by Crippen LogP contribution is 2.26. The van der Waals surface area contributed by atoms with Crippen LogP contribution in [0.15, 0.2) is 30.3 Å². The van der Waals surface area contributed by atoms with Gasteiger partial charge >= 0.3 is 12.0 Å². The van der Waals surface area contributed by atoms with Gasteiger partial charge in [-0.15, -0.1) is 11.3 Å². The maximum absolute atomic E-state index is 12.1. The zero-order valence-corrected chi connectivity index (χ0v) is 12.7. The number of benzene rings is 1. The Balaban J connectivity index is 1.70. The zero-order valence-electron chi connectivity index (χ0n) is 11.9. The molecule has 0 bridgehead atoms. The van der Waals surface area contributed by atoms with Crippen molar-refractivity contribution in [2.45, 2.75) is 13.0 Å². The molecule has 0 unspecified atom stereocenters. The Hall–Kier alpha value is -2.41. The van der Waals surface area contributed by atoms with E-state index < -0.39 is 24.0 Å². The lowest BCUT2D eigenvalue weighted by Crippen LogP contribution is -2.41. The quantitative estimate of drug-likeness (QED) is 0.878. The summed E-state index contributed by atoms with van der Waals surface area (Å²) in [7, 11) is 0. The molecule has 1 fully saturated rings. The Morgan fingerprint density at radius 3 is 2.82 bits per heavy atom. The average Bonchev–Trinajstić information content (AvgIpc) is 3.12. The minimum absolute atomic E-state index is 0.294. The normalized spacial score (nSPS) is 15.7. The number of carbonyl (C=O) groups excluding carboxylic acids is 3. The van der Waals surface area contributed by atoms with Gasteiger partial charge in [0.15, 0.2) is 6.10 Å². The SMILES string of the molecule is C[C@@H](OC(=O)c1cc2ccccc2s1)C(=O)N1CCNC1=O. The van der Waals surface area contributed by atoms with Gasteiger partial charge in [-0.1, -0.05) is 18.2 Å². The van der Waals surface area contributed by atoms with Crippen LogP contribution in [0.3, 0.4) is 0 Å². The van der Waals surface area contributed by atoms with Crippen molar-refractivity contribution in [1.29, 1.82) is 0 Å². The van der Waals surface area contributed by atoms with Crippen molar-refractivity contribution in [3.8, 4) is 0 Å². The van der Waals surface area contributed by atoms with Gasteiger partial charge in [0.2, 0.25) is 0 Å². The molecule has 0 radical (unpaired) electrons. The first-order valence-corrected chi connectivity index (χ1v) is 7.66. The van der Waals surface area contributed by atoms with Crippen LogP contribution in [-0.4, -0.2) is 42.0 Å². The molecule has 0 saturated carbocycles.